The summed E-state index contributed by atoms with van der Waals surface area (Å²) in [7, 11) is 1.50. The van der Waals surface area contributed by atoms with Crippen LogP contribution in [-0.2, 0) is 9.47 Å². The number of hydrogen-bond acceptors (Lipinski definition) is 8. The Labute approximate surface area is 235 Å². The zero-order valence-electron chi connectivity index (χ0n) is 22.6. The van der Waals surface area contributed by atoms with E-state index in [1.807, 2.05) is 20.8 Å². The van der Waals surface area contributed by atoms with Crippen molar-refractivity contribution < 1.29 is 14.3 Å². The van der Waals surface area contributed by atoms with Crippen LogP contribution in [0.5, 0.6) is 0 Å². The number of ether oxygens (including phenoxy) is 2. The van der Waals surface area contributed by atoms with Gasteiger partial charge in [0.1, 0.15) is 10.6 Å². The molecule has 2 aromatic heterocycles. The molecule has 37 heavy (non-hydrogen) atoms. The van der Waals surface area contributed by atoms with Crippen LogP contribution in [-0.4, -0.2) is 73.2 Å². The summed E-state index contributed by atoms with van der Waals surface area (Å²) in [5.74, 6) is 0.526. The van der Waals surface area contributed by atoms with E-state index in [2.05, 4.69) is 40.3 Å². The van der Waals surface area contributed by atoms with Crippen molar-refractivity contribution in [1.29, 1.82) is 0 Å². The van der Waals surface area contributed by atoms with Crippen molar-refractivity contribution >= 4 is 62.2 Å². The summed E-state index contributed by atoms with van der Waals surface area (Å²) in [5, 5.41) is 3.46. The molecule has 0 unspecified atom stereocenters. The van der Waals surface area contributed by atoms with Crippen molar-refractivity contribution in [2.75, 3.05) is 58.1 Å². The molecule has 1 aliphatic rings. The highest BCUT2D eigenvalue weighted by Crippen LogP contribution is 2.31. The predicted octanol–water partition coefficient (Wildman–Crippen LogP) is 5.93. The molecule has 208 valence electrons. The van der Waals surface area contributed by atoms with Crippen LogP contribution in [0.15, 0.2) is 36.6 Å². The van der Waals surface area contributed by atoms with Crippen molar-refractivity contribution in [2.24, 2.45) is 0 Å². The number of allylic oxidation sites excluding steroid dienone is 2. The minimum Gasteiger partial charge on any atom is -0.496 e. The van der Waals surface area contributed by atoms with Crippen molar-refractivity contribution in [3.63, 3.8) is 0 Å². The van der Waals surface area contributed by atoms with E-state index in [1.165, 1.54) is 36.9 Å². The molecule has 1 aliphatic heterocycles. The molecule has 0 bridgehead atoms. The number of thiophene rings is 1. The molecule has 0 atom stereocenters. The first-order valence-electron chi connectivity index (χ1n) is 12.2. The first-order chi connectivity index (χ1) is 18.0. The topological polar surface area (TPSA) is 103 Å². The highest BCUT2D eigenvalue weighted by atomic mass is 35.5. The summed E-state index contributed by atoms with van der Waals surface area (Å²) >= 11 is 13.0. The third kappa shape index (κ3) is 11.8. The lowest BCUT2D eigenvalue weighted by atomic mass is 10.1. The molecule has 1 amide bonds. The highest BCUT2D eigenvalue weighted by Gasteiger charge is 2.17. The number of methoxy groups -OCH3 is 1. The molecule has 8 nitrogen and oxygen atoms in total. The number of nitrogens with zero attached hydrogens (tertiary/aromatic N) is 3. The van der Waals surface area contributed by atoms with Gasteiger partial charge < -0.3 is 20.5 Å². The van der Waals surface area contributed by atoms with Crippen LogP contribution in [0.1, 0.15) is 49.5 Å². The number of amides is 1. The van der Waals surface area contributed by atoms with Gasteiger partial charge in [-0.2, -0.15) is 0 Å². The van der Waals surface area contributed by atoms with Gasteiger partial charge in [-0.1, -0.05) is 32.4 Å². The molecule has 1 saturated heterocycles. The summed E-state index contributed by atoms with van der Waals surface area (Å²) in [6, 6.07) is 1.73. The van der Waals surface area contributed by atoms with E-state index in [-0.39, 0.29) is 17.7 Å². The predicted molar refractivity (Wildman–Crippen MR) is 160 cm³/mol. The van der Waals surface area contributed by atoms with Gasteiger partial charge in [0.15, 0.2) is 0 Å². The maximum atomic E-state index is 12.1. The van der Waals surface area contributed by atoms with Gasteiger partial charge in [0.25, 0.3) is 5.91 Å². The summed E-state index contributed by atoms with van der Waals surface area (Å²) in [6.07, 6.45) is 2.94. The number of morpholine rings is 1. The number of halogens is 2. The molecule has 0 saturated carbocycles. The monoisotopic (exact) mass is 573 g/mol. The van der Waals surface area contributed by atoms with Gasteiger partial charge in [0, 0.05) is 36.4 Å². The fourth-order valence-electron chi connectivity index (χ4n) is 3.16. The quantitative estimate of drug-likeness (QED) is 0.174. The summed E-state index contributed by atoms with van der Waals surface area (Å²) in [4.78, 5) is 24.1. The van der Waals surface area contributed by atoms with Gasteiger partial charge in [-0.3, -0.25) is 9.69 Å². The SMILES string of the molecule is C=C.CC.CCCN1CCOCC1.CCNC(=O)c1cc2c(/C(=C/C(=C/Cl)OC)CCl)nc(N)nc2s1. The molecule has 0 aliphatic carbocycles. The van der Waals surface area contributed by atoms with Gasteiger partial charge in [-0.05, 0) is 37.6 Å². The number of anilines is 1. The Bertz CT molecular complexity index is 989. The molecule has 3 N–H and O–H groups in total. The number of nitrogens with one attached hydrogen (secondary N) is 1. The third-order valence-corrected chi connectivity index (χ3v) is 6.25. The van der Waals surface area contributed by atoms with Crippen LogP contribution in [0, 0.1) is 0 Å². The first kappa shape index (κ1) is 34.8. The molecule has 0 spiro atoms. The van der Waals surface area contributed by atoms with E-state index >= 15 is 0 Å². The number of carbonyl (C=O) groups is 1. The molecule has 3 rings (SSSR count). The molecule has 1 fully saturated rings. The lowest BCUT2D eigenvalue weighted by molar-refractivity contribution is 0.0380. The molecular formula is C26H41Cl2N5O3S. The van der Waals surface area contributed by atoms with E-state index in [1.54, 1.807) is 12.1 Å². The van der Waals surface area contributed by atoms with E-state index < -0.39 is 0 Å². The van der Waals surface area contributed by atoms with Gasteiger partial charge in [0.2, 0.25) is 5.95 Å². The molecule has 2 aromatic rings. The Hall–Kier alpha value is -2.17. The van der Waals surface area contributed by atoms with Crippen molar-refractivity contribution in [3.8, 4) is 0 Å². The van der Waals surface area contributed by atoms with Crippen LogP contribution >= 0.6 is 34.5 Å². The van der Waals surface area contributed by atoms with Crippen molar-refractivity contribution in [2.45, 2.75) is 34.1 Å². The second-order valence-corrected chi connectivity index (χ2v) is 8.61. The smallest absolute Gasteiger partial charge is 0.261 e. The lowest BCUT2D eigenvalue weighted by Gasteiger charge is -2.25. The Morgan fingerprint density at radius 1 is 1.30 bits per heavy atom. The lowest BCUT2D eigenvalue weighted by Crippen LogP contribution is -2.36. The Morgan fingerprint density at radius 2 is 1.95 bits per heavy atom. The maximum absolute atomic E-state index is 12.1. The van der Waals surface area contributed by atoms with Crippen LogP contribution < -0.4 is 11.1 Å². The zero-order valence-corrected chi connectivity index (χ0v) is 24.9. The zero-order chi connectivity index (χ0) is 28.2. The fourth-order valence-corrected chi connectivity index (χ4v) is 4.47. The Balaban J connectivity index is 0.000000829. The van der Waals surface area contributed by atoms with Crippen molar-refractivity contribution in [1.82, 2.24) is 20.2 Å². The molecular weight excluding hydrogens is 533 g/mol. The second kappa shape index (κ2) is 20.8. The molecule has 0 aromatic carbocycles. The third-order valence-electron chi connectivity index (χ3n) is 4.72. The van der Waals surface area contributed by atoms with Crippen LogP contribution in [0.2, 0.25) is 0 Å². The Kier molecular flexibility index (Phi) is 19.6. The average molecular weight is 575 g/mol. The number of nitrogen functional groups attached to an aromatic ring is 1. The molecule has 0 radical (unpaired) electrons. The maximum Gasteiger partial charge on any atom is 0.261 e. The number of rotatable bonds is 8. The number of fused-ring (bicyclic) bond motifs is 1. The van der Waals surface area contributed by atoms with Crippen LogP contribution in [0.25, 0.3) is 15.8 Å². The number of aromatic nitrogens is 2. The summed E-state index contributed by atoms with van der Waals surface area (Å²) in [5.41, 5.74) is 8.30. The average Bonchev–Trinajstić information content (AvgIpc) is 3.37. The standard InChI is InChI=1S/C15H16Cl2N4O2S.C7H15NO.C2H6.C2H4/c1-3-19-13(22)11-5-10-12(20-15(18)21-14(10)24-11)8(6-16)4-9(7-17)23-2;1-2-3-8-4-6-9-7-5-8;2*1-2/h4-5,7H,3,6H2,1-2H3,(H,19,22)(H2,18,20,21);2-7H2,1H3;1-2H3;1-2H2/b8-4+,9-7-;;;. The minimum absolute atomic E-state index is 0.103. The summed E-state index contributed by atoms with van der Waals surface area (Å²) in [6.45, 7) is 20.0. The van der Waals surface area contributed by atoms with Crippen LogP contribution in [0.4, 0.5) is 5.95 Å². The number of nitrogens with two attached hydrogens (primary N) is 1. The van der Waals surface area contributed by atoms with E-state index in [0.29, 0.717) is 38.7 Å². The Morgan fingerprint density at radius 3 is 2.46 bits per heavy atom. The van der Waals surface area contributed by atoms with E-state index in [4.69, 9.17) is 38.4 Å². The summed E-state index contributed by atoms with van der Waals surface area (Å²) < 4.78 is 10.3. The normalized spacial score (nSPS) is 13.8. The van der Waals surface area contributed by atoms with Crippen LogP contribution in [0.3, 0.4) is 0 Å². The number of alkyl halides is 1. The second-order valence-electron chi connectivity index (χ2n) is 7.09. The van der Waals surface area contributed by atoms with Gasteiger partial charge in [0.05, 0.1) is 30.9 Å². The van der Waals surface area contributed by atoms with Gasteiger partial charge in [-0.25, -0.2) is 9.97 Å². The van der Waals surface area contributed by atoms with E-state index in [0.717, 1.165) is 26.3 Å². The number of hydrogen-bond donors (Lipinski definition) is 2. The highest BCUT2D eigenvalue weighted by molar-refractivity contribution is 7.20. The van der Waals surface area contributed by atoms with Gasteiger partial charge in [-0.15, -0.1) is 36.1 Å². The first-order valence-corrected chi connectivity index (χ1v) is 14.0. The van der Waals surface area contributed by atoms with E-state index in [9.17, 15) is 4.79 Å². The fraction of sp³-hybridized carbons (Fsp3) is 0.500. The van der Waals surface area contributed by atoms with Gasteiger partial charge >= 0.3 is 0 Å². The molecule has 11 heteroatoms. The minimum atomic E-state index is -0.167. The van der Waals surface area contributed by atoms with Crippen molar-refractivity contribution in [3.05, 3.63) is 47.2 Å². The number of carbonyl (C=O) groups excluding carboxylic acids is 1. The molecule has 3 heterocycles. The largest absolute Gasteiger partial charge is 0.496 e.